The third kappa shape index (κ3) is 4.70. The molecule has 122 valence electrons. The molecule has 1 heterocycles. The van der Waals surface area contributed by atoms with Crippen LogP contribution in [-0.4, -0.2) is 59.5 Å². The Kier molecular flexibility index (Phi) is 7.15. The molecule has 1 atom stereocenters. The molecule has 21 heavy (non-hydrogen) atoms. The lowest BCUT2D eigenvalue weighted by Crippen LogP contribution is -2.47. The largest absolute Gasteiger partial charge is 0.481 e. The number of carbonyl (C=O) groups excluding carboxylic acids is 1. The smallest absolute Gasteiger partial charge is 0.310 e. The van der Waals surface area contributed by atoms with Crippen molar-refractivity contribution in [3.8, 4) is 0 Å². The van der Waals surface area contributed by atoms with E-state index in [0.717, 1.165) is 45.4 Å². The average Bonchev–Trinajstić information content (AvgIpc) is 2.48. The van der Waals surface area contributed by atoms with Gasteiger partial charge in [0.25, 0.3) is 0 Å². The fraction of sp³-hybridized carbons (Fsp3) is 0.875. The average molecular weight is 298 g/mol. The monoisotopic (exact) mass is 298 g/mol. The number of nitrogens with zero attached hydrogens (tertiary/aromatic N) is 2. The molecule has 5 heteroatoms. The lowest BCUT2D eigenvalue weighted by molar-refractivity contribution is -0.153. The molecule has 0 saturated carbocycles. The normalized spacial score (nSPS) is 23.0. The first kappa shape index (κ1) is 18.0. The van der Waals surface area contributed by atoms with Crippen LogP contribution < -0.4 is 0 Å². The summed E-state index contributed by atoms with van der Waals surface area (Å²) in [4.78, 5) is 27.5. The Balaban J connectivity index is 2.42. The quantitative estimate of drug-likeness (QED) is 0.746. The van der Waals surface area contributed by atoms with E-state index < -0.39 is 11.4 Å². The van der Waals surface area contributed by atoms with Gasteiger partial charge in [-0.05, 0) is 52.6 Å². The third-order valence-electron chi connectivity index (χ3n) is 4.77. The molecule has 0 radical (unpaired) electrons. The third-order valence-corrected chi connectivity index (χ3v) is 4.77. The molecule has 5 nitrogen and oxygen atoms in total. The predicted molar refractivity (Wildman–Crippen MR) is 83.2 cm³/mol. The van der Waals surface area contributed by atoms with Crippen LogP contribution in [0.3, 0.4) is 0 Å². The van der Waals surface area contributed by atoms with Crippen LogP contribution in [0.25, 0.3) is 0 Å². The standard InChI is InChI=1S/C16H30N2O3/c1-4-16(15(20)21)10-8-12-17(13-16)11-7-9-14(19)18(5-2)6-3/h4-13H2,1-3H3,(H,20,21). The second kappa shape index (κ2) is 8.37. The second-order valence-electron chi connectivity index (χ2n) is 5.99. The maximum absolute atomic E-state index is 12.0. The molecule has 0 spiro atoms. The van der Waals surface area contributed by atoms with Gasteiger partial charge in [0.15, 0.2) is 0 Å². The predicted octanol–water partition coefficient (Wildman–Crippen LogP) is 2.21. The Bertz CT molecular complexity index is 355. The molecule has 1 unspecified atom stereocenters. The second-order valence-corrected chi connectivity index (χ2v) is 5.99. The number of carboxylic acid groups (broad SMARTS) is 1. The summed E-state index contributed by atoms with van der Waals surface area (Å²) in [5, 5.41) is 9.47. The number of aliphatic carboxylic acids is 1. The molecule has 1 rings (SSSR count). The lowest BCUT2D eigenvalue weighted by atomic mass is 9.77. The Hall–Kier alpha value is -1.10. The summed E-state index contributed by atoms with van der Waals surface area (Å²) in [7, 11) is 0. The van der Waals surface area contributed by atoms with Crippen molar-refractivity contribution in [3.63, 3.8) is 0 Å². The molecule has 1 fully saturated rings. The molecule has 1 saturated heterocycles. The van der Waals surface area contributed by atoms with Crippen molar-refractivity contribution in [2.24, 2.45) is 5.41 Å². The van der Waals surface area contributed by atoms with Gasteiger partial charge in [0.2, 0.25) is 5.91 Å². The minimum absolute atomic E-state index is 0.206. The van der Waals surface area contributed by atoms with Crippen LogP contribution in [0.2, 0.25) is 0 Å². The Morgan fingerprint density at radius 1 is 1.24 bits per heavy atom. The molecular weight excluding hydrogens is 268 g/mol. The fourth-order valence-corrected chi connectivity index (χ4v) is 3.22. The molecule has 0 aromatic heterocycles. The van der Waals surface area contributed by atoms with E-state index >= 15 is 0 Å². The van der Waals surface area contributed by atoms with Crippen molar-refractivity contribution in [2.75, 3.05) is 32.7 Å². The number of hydrogen-bond donors (Lipinski definition) is 1. The summed E-state index contributed by atoms with van der Waals surface area (Å²) >= 11 is 0. The number of carbonyl (C=O) groups is 2. The highest BCUT2D eigenvalue weighted by Gasteiger charge is 2.40. The van der Waals surface area contributed by atoms with Crippen molar-refractivity contribution in [3.05, 3.63) is 0 Å². The van der Waals surface area contributed by atoms with Crippen molar-refractivity contribution < 1.29 is 14.7 Å². The molecule has 1 aliphatic heterocycles. The van der Waals surface area contributed by atoms with Crippen LogP contribution in [0.5, 0.6) is 0 Å². The van der Waals surface area contributed by atoms with Crippen LogP contribution >= 0.6 is 0 Å². The number of piperidine rings is 1. The summed E-state index contributed by atoms with van der Waals surface area (Å²) < 4.78 is 0. The first-order valence-corrected chi connectivity index (χ1v) is 8.22. The maximum Gasteiger partial charge on any atom is 0.310 e. The highest BCUT2D eigenvalue weighted by Crippen LogP contribution is 2.33. The van der Waals surface area contributed by atoms with Gasteiger partial charge in [0.05, 0.1) is 5.41 Å². The van der Waals surface area contributed by atoms with Crippen LogP contribution in [0.15, 0.2) is 0 Å². The van der Waals surface area contributed by atoms with Gasteiger partial charge in [0.1, 0.15) is 0 Å². The van der Waals surface area contributed by atoms with Crippen molar-refractivity contribution >= 4 is 11.9 Å². The Morgan fingerprint density at radius 3 is 2.43 bits per heavy atom. The number of likely N-dealkylation sites (tertiary alicyclic amines) is 1. The first-order valence-electron chi connectivity index (χ1n) is 8.22. The van der Waals surface area contributed by atoms with Crippen LogP contribution in [0, 0.1) is 5.41 Å². The van der Waals surface area contributed by atoms with Gasteiger partial charge >= 0.3 is 5.97 Å². The fourth-order valence-electron chi connectivity index (χ4n) is 3.22. The SMILES string of the molecule is CCN(CC)C(=O)CCCN1CCCC(CC)(C(=O)O)C1. The molecule has 1 aliphatic rings. The van der Waals surface area contributed by atoms with Crippen LogP contribution in [-0.2, 0) is 9.59 Å². The van der Waals surface area contributed by atoms with Crippen molar-refractivity contribution in [1.82, 2.24) is 9.80 Å². The summed E-state index contributed by atoms with van der Waals surface area (Å²) in [6, 6.07) is 0. The molecule has 0 aromatic carbocycles. The van der Waals surface area contributed by atoms with Gasteiger partial charge in [-0.15, -0.1) is 0 Å². The van der Waals surface area contributed by atoms with Crippen LogP contribution in [0.1, 0.15) is 52.9 Å². The number of rotatable bonds is 8. The number of hydrogen-bond acceptors (Lipinski definition) is 3. The number of amides is 1. The van der Waals surface area contributed by atoms with E-state index in [1.165, 1.54) is 0 Å². The highest BCUT2D eigenvalue weighted by atomic mass is 16.4. The molecule has 0 aromatic rings. The van der Waals surface area contributed by atoms with E-state index in [1.54, 1.807) is 0 Å². The van der Waals surface area contributed by atoms with Gasteiger partial charge in [-0.2, -0.15) is 0 Å². The van der Waals surface area contributed by atoms with Gasteiger partial charge in [0, 0.05) is 26.1 Å². The minimum Gasteiger partial charge on any atom is -0.481 e. The van der Waals surface area contributed by atoms with Gasteiger partial charge in [-0.25, -0.2) is 0 Å². The Labute approximate surface area is 128 Å². The minimum atomic E-state index is -0.672. The summed E-state index contributed by atoms with van der Waals surface area (Å²) in [6.45, 7) is 9.87. The molecule has 0 aliphatic carbocycles. The van der Waals surface area contributed by atoms with E-state index in [4.69, 9.17) is 0 Å². The first-order chi connectivity index (χ1) is 9.99. The topological polar surface area (TPSA) is 60.9 Å². The summed E-state index contributed by atoms with van der Waals surface area (Å²) in [6.07, 6.45) is 3.76. The number of carboxylic acids is 1. The molecule has 1 N–H and O–H groups in total. The zero-order valence-electron chi connectivity index (χ0n) is 13.7. The molecule has 1 amide bonds. The highest BCUT2D eigenvalue weighted by molar-refractivity contribution is 5.76. The zero-order valence-corrected chi connectivity index (χ0v) is 13.7. The lowest BCUT2D eigenvalue weighted by Gasteiger charge is -2.39. The van der Waals surface area contributed by atoms with Gasteiger partial charge in [-0.3, -0.25) is 9.59 Å². The van der Waals surface area contributed by atoms with E-state index in [1.807, 2.05) is 25.7 Å². The van der Waals surface area contributed by atoms with Gasteiger partial charge in [-0.1, -0.05) is 6.92 Å². The zero-order chi connectivity index (χ0) is 15.9. The van der Waals surface area contributed by atoms with Gasteiger partial charge < -0.3 is 14.9 Å². The van der Waals surface area contributed by atoms with E-state index in [-0.39, 0.29) is 5.91 Å². The Morgan fingerprint density at radius 2 is 1.90 bits per heavy atom. The van der Waals surface area contributed by atoms with Crippen LogP contribution in [0.4, 0.5) is 0 Å². The van der Waals surface area contributed by atoms with E-state index in [0.29, 0.717) is 19.4 Å². The van der Waals surface area contributed by atoms with E-state index in [2.05, 4.69) is 4.90 Å². The summed E-state index contributed by atoms with van der Waals surface area (Å²) in [5.41, 5.74) is -0.582. The van der Waals surface area contributed by atoms with E-state index in [9.17, 15) is 14.7 Å². The summed E-state index contributed by atoms with van der Waals surface area (Å²) in [5.74, 6) is -0.467. The molecular formula is C16H30N2O3. The molecule has 0 bridgehead atoms. The van der Waals surface area contributed by atoms with Crippen molar-refractivity contribution in [1.29, 1.82) is 0 Å². The maximum atomic E-state index is 12.0. The van der Waals surface area contributed by atoms with Crippen molar-refractivity contribution in [2.45, 2.75) is 52.9 Å².